The lowest BCUT2D eigenvalue weighted by molar-refractivity contribution is -0.129. The van der Waals surface area contributed by atoms with Crippen LogP contribution >= 0.6 is 27.3 Å². The lowest BCUT2D eigenvalue weighted by Gasteiger charge is -2.39. The van der Waals surface area contributed by atoms with Gasteiger partial charge in [0.1, 0.15) is 0 Å². The van der Waals surface area contributed by atoms with E-state index in [4.69, 9.17) is 10.7 Å². The highest BCUT2D eigenvalue weighted by atomic mass is 79.9. The summed E-state index contributed by atoms with van der Waals surface area (Å²) in [5.74, 6) is 0.0108. The second-order valence-corrected chi connectivity index (χ2v) is 7.59. The van der Waals surface area contributed by atoms with Gasteiger partial charge < -0.3 is 5.32 Å². The quantitative estimate of drug-likeness (QED) is 0.804. The summed E-state index contributed by atoms with van der Waals surface area (Å²) in [4.78, 5) is 14.4. The molecule has 3 rings (SSSR count). The molecule has 1 aromatic heterocycles. The van der Waals surface area contributed by atoms with Crippen LogP contribution in [0.5, 0.6) is 0 Å². The van der Waals surface area contributed by atoms with E-state index in [1.54, 1.807) is 13.1 Å². The zero-order valence-corrected chi connectivity index (χ0v) is 15.6. The van der Waals surface area contributed by atoms with Gasteiger partial charge in [-0.1, -0.05) is 12.1 Å². The Balaban J connectivity index is 2.03. The number of amides is 1. The molecule has 0 aliphatic carbocycles. The number of hydrogen-bond acceptors (Lipinski definition) is 4. The van der Waals surface area contributed by atoms with Crippen LogP contribution in [-0.4, -0.2) is 23.8 Å². The van der Waals surface area contributed by atoms with Crippen molar-refractivity contribution in [3.8, 4) is 17.2 Å². The zero-order chi connectivity index (χ0) is 17.5. The molecule has 1 amide bonds. The number of guanidine groups is 1. The number of nitrogens with zero attached hydrogens (tertiary/aromatic N) is 2. The van der Waals surface area contributed by atoms with Crippen LogP contribution in [0.1, 0.15) is 23.8 Å². The molecular formula is C17H15BrN4OS. The van der Waals surface area contributed by atoms with Gasteiger partial charge in [0.25, 0.3) is 0 Å². The highest BCUT2D eigenvalue weighted by molar-refractivity contribution is 9.10. The van der Waals surface area contributed by atoms with Crippen molar-refractivity contribution in [2.24, 2.45) is 0 Å². The van der Waals surface area contributed by atoms with Gasteiger partial charge in [0.05, 0.1) is 23.6 Å². The standard InChI is InChI=1S/C17H15BrN4OS/c1-17(7-13(23)22(2)16(20)21-17)15-14(18)12(9-24-15)11-5-3-4-10(6-11)8-19/h3-6,9H,7H2,1-2H3,(H2,20,21)/t17-/m0/s1. The maximum Gasteiger partial charge on any atom is 0.231 e. The minimum absolute atomic E-state index is 0.0884. The van der Waals surface area contributed by atoms with Crippen LogP contribution in [-0.2, 0) is 10.3 Å². The number of nitriles is 1. The molecule has 0 unspecified atom stereocenters. The van der Waals surface area contributed by atoms with E-state index in [-0.39, 0.29) is 18.3 Å². The van der Waals surface area contributed by atoms with Crippen LogP contribution < -0.4 is 5.32 Å². The molecule has 2 aromatic rings. The molecule has 1 fully saturated rings. The smallest absolute Gasteiger partial charge is 0.231 e. The maximum atomic E-state index is 12.2. The lowest BCUT2D eigenvalue weighted by Crippen LogP contribution is -2.57. The summed E-state index contributed by atoms with van der Waals surface area (Å²) in [6.07, 6.45) is 0.280. The molecule has 7 heteroatoms. The Morgan fingerprint density at radius 1 is 1.50 bits per heavy atom. The molecule has 0 radical (unpaired) electrons. The van der Waals surface area contributed by atoms with Gasteiger partial charge in [0.2, 0.25) is 5.91 Å². The van der Waals surface area contributed by atoms with Gasteiger partial charge in [0.15, 0.2) is 5.96 Å². The molecule has 2 N–H and O–H groups in total. The maximum absolute atomic E-state index is 12.2. The summed E-state index contributed by atoms with van der Waals surface area (Å²) in [7, 11) is 1.60. The van der Waals surface area contributed by atoms with Gasteiger partial charge in [-0.15, -0.1) is 11.3 Å². The number of benzene rings is 1. The average molecular weight is 403 g/mol. The van der Waals surface area contributed by atoms with E-state index in [1.165, 1.54) is 16.2 Å². The Hall–Kier alpha value is -2.17. The highest BCUT2D eigenvalue weighted by Crippen LogP contribution is 2.43. The first-order valence-electron chi connectivity index (χ1n) is 7.27. The first kappa shape index (κ1) is 16.7. The third-order valence-corrected chi connectivity index (χ3v) is 6.47. The summed E-state index contributed by atoms with van der Waals surface area (Å²) in [6.45, 7) is 1.93. The molecule has 2 heterocycles. The SMILES string of the molecule is CN1C(=N)N[C@](C)(c2scc(-c3cccc(C#N)c3)c2Br)CC1=O. The molecular weight excluding hydrogens is 388 g/mol. The van der Waals surface area contributed by atoms with Crippen molar-refractivity contribution in [3.05, 3.63) is 44.6 Å². The molecule has 5 nitrogen and oxygen atoms in total. The van der Waals surface area contributed by atoms with Gasteiger partial charge in [-0.3, -0.25) is 15.1 Å². The third-order valence-electron chi connectivity index (χ3n) is 4.14. The molecule has 1 aromatic carbocycles. The summed E-state index contributed by atoms with van der Waals surface area (Å²) in [5.41, 5.74) is 1.90. The van der Waals surface area contributed by atoms with Crippen LogP contribution in [0.15, 0.2) is 34.1 Å². The Bertz CT molecular complexity index is 865. The van der Waals surface area contributed by atoms with E-state index in [9.17, 15) is 4.79 Å². The number of carbonyl (C=O) groups is 1. The summed E-state index contributed by atoms with van der Waals surface area (Å²) < 4.78 is 0.891. The Morgan fingerprint density at radius 3 is 2.92 bits per heavy atom. The molecule has 0 bridgehead atoms. The van der Waals surface area contributed by atoms with Crippen LogP contribution in [0.2, 0.25) is 0 Å². The zero-order valence-electron chi connectivity index (χ0n) is 13.2. The fraction of sp³-hybridized carbons (Fsp3) is 0.235. The van der Waals surface area contributed by atoms with E-state index in [2.05, 4.69) is 27.3 Å². The minimum atomic E-state index is -0.630. The van der Waals surface area contributed by atoms with Gasteiger partial charge >= 0.3 is 0 Å². The minimum Gasteiger partial charge on any atom is -0.345 e. The van der Waals surface area contributed by atoms with Crippen molar-refractivity contribution in [2.45, 2.75) is 18.9 Å². The topological polar surface area (TPSA) is 80.0 Å². The molecule has 1 aliphatic heterocycles. The van der Waals surface area contributed by atoms with Gasteiger partial charge in [-0.2, -0.15) is 5.26 Å². The third kappa shape index (κ3) is 2.72. The monoisotopic (exact) mass is 402 g/mol. The lowest BCUT2D eigenvalue weighted by atomic mass is 9.92. The predicted molar refractivity (Wildman–Crippen MR) is 97.8 cm³/mol. The molecule has 1 saturated heterocycles. The number of thiophene rings is 1. The van der Waals surface area contributed by atoms with Gasteiger partial charge in [0, 0.05) is 27.3 Å². The summed E-state index contributed by atoms with van der Waals surface area (Å²) in [5, 5.41) is 22.2. The van der Waals surface area contributed by atoms with Gasteiger partial charge in [-0.05, 0) is 40.5 Å². The van der Waals surface area contributed by atoms with Crippen molar-refractivity contribution in [1.29, 1.82) is 10.7 Å². The van der Waals surface area contributed by atoms with E-state index >= 15 is 0 Å². The van der Waals surface area contributed by atoms with Crippen LogP contribution in [0, 0.1) is 16.7 Å². The number of carbonyl (C=O) groups excluding carboxylic acids is 1. The normalized spacial score (nSPS) is 20.7. The van der Waals surface area contributed by atoms with Crippen molar-refractivity contribution in [1.82, 2.24) is 10.2 Å². The summed E-state index contributed by atoms with van der Waals surface area (Å²) >= 11 is 5.19. The Morgan fingerprint density at radius 2 is 2.25 bits per heavy atom. The molecule has 1 atom stereocenters. The van der Waals surface area contributed by atoms with E-state index < -0.39 is 5.54 Å². The molecule has 24 heavy (non-hydrogen) atoms. The van der Waals surface area contributed by atoms with Crippen molar-refractivity contribution in [2.75, 3.05) is 7.05 Å². The van der Waals surface area contributed by atoms with Gasteiger partial charge in [-0.25, -0.2) is 0 Å². The Labute approximate surface area is 152 Å². The predicted octanol–water partition coefficient (Wildman–Crippen LogP) is 3.65. The molecule has 1 aliphatic rings. The first-order chi connectivity index (χ1) is 11.4. The highest BCUT2D eigenvalue weighted by Gasteiger charge is 2.40. The van der Waals surface area contributed by atoms with Crippen molar-refractivity contribution < 1.29 is 4.79 Å². The van der Waals surface area contributed by atoms with Crippen LogP contribution in [0.25, 0.3) is 11.1 Å². The summed E-state index contributed by atoms with van der Waals surface area (Å²) in [6, 6.07) is 9.56. The number of nitrogens with one attached hydrogen (secondary N) is 2. The van der Waals surface area contributed by atoms with Crippen LogP contribution in [0.3, 0.4) is 0 Å². The fourth-order valence-electron chi connectivity index (χ4n) is 2.74. The molecule has 0 saturated carbocycles. The van der Waals surface area contributed by atoms with Crippen molar-refractivity contribution in [3.63, 3.8) is 0 Å². The average Bonchev–Trinajstić information content (AvgIpc) is 2.95. The fourth-order valence-corrected chi connectivity index (χ4v) is 5.04. The number of halogens is 1. The number of hydrogen-bond donors (Lipinski definition) is 2. The Kier molecular flexibility index (Phi) is 4.20. The second kappa shape index (κ2) is 6.04. The van der Waals surface area contributed by atoms with E-state index in [0.29, 0.717) is 5.56 Å². The second-order valence-electron chi connectivity index (χ2n) is 5.92. The van der Waals surface area contributed by atoms with E-state index in [1.807, 2.05) is 30.5 Å². The van der Waals surface area contributed by atoms with Crippen LogP contribution in [0.4, 0.5) is 0 Å². The molecule has 0 spiro atoms. The number of rotatable bonds is 2. The molecule has 122 valence electrons. The van der Waals surface area contributed by atoms with E-state index in [0.717, 1.165) is 20.5 Å². The largest absolute Gasteiger partial charge is 0.345 e. The first-order valence-corrected chi connectivity index (χ1v) is 8.94. The van der Waals surface area contributed by atoms with Crippen molar-refractivity contribution >= 4 is 39.1 Å².